The number of nitrogens with one attached hydrogen (secondary N) is 2. The molecular formula is C25H25N5O4. The van der Waals surface area contributed by atoms with Crippen LogP contribution in [-0.2, 0) is 0 Å². The van der Waals surface area contributed by atoms with Gasteiger partial charge in [0.2, 0.25) is 11.7 Å². The summed E-state index contributed by atoms with van der Waals surface area (Å²) in [4.78, 5) is 21.7. The van der Waals surface area contributed by atoms with E-state index in [1.54, 1.807) is 39.7 Å². The Labute approximate surface area is 196 Å². The highest BCUT2D eigenvalue weighted by Gasteiger charge is 2.24. The number of fused-ring (bicyclic) bond motifs is 1. The van der Waals surface area contributed by atoms with Crippen molar-refractivity contribution < 1.29 is 19.0 Å². The third kappa shape index (κ3) is 4.19. The summed E-state index contributed by atoms with van der Waals surface area (Å²) in [6.07, 6.45) is 5.77. The lowest BCUT2D eigenvalue weighted by atomic mass is 10.2. The molecule has 1 amide bonds. The van der Waals surface area contributed by atoms with E-state index in [9.17, 15) is 4.79 Å². The molecule has 34 heavy (non-hydrogen) atoms. The largest absolute Gasteiger partial charge is 0.493 e. The van der Waals surface area contributed by atoms with Crippen molar-refractivity contribution in [3.05, 3.63) is 60.4 Å². The summed E-state index contributed by atoms with van der Waals surface area (Å²) in [5.41, 5.74) is 2.86. The van der Waals surface area contributed by atoms with E-state index in [1.807, 2.05) is 41.1 Å². The van der Waals surface area contributed by atoms with Gasteiger partial charge in [-0.25, -0.2) is 4.98 Å². The highest BCUT2D eigenvalue weighted by molar-refractivity contribution is 5.95. The molecule has 1 saturated carbocycles. The second-order valence-corrected chi connectivity index (χ2v) is 8.00. The van der Waals surface area contributed by atoms with Gasteiger partial charge in [0.25, 0.3) is 5.91 Å². The van der Waals surface area contributed by atoms with Crippen LogP contribution in [0.25, 0.3) is 16.7 Å². The van der Waals surface area contributed by atoms with Crippen LogP contribution in [0.4, 0.5) is 11.6 Å². The van der Waals surface area contributed by atoms with E-state index in [1.165, 1.54) is 0 Å². The number of carbonyl (C=O) groups excluding carboxylic acids is 1. The molecule has 2 heterocycles. The van der Waals surface area contributed by atoms with Gasteiger partial charge in [-0.15, -0.1) is 0 Å². The second kappa shape index (κ2) is 8.93. The van der Waals surface area contributed by atoms with Crippen LogP contribution in [0.15, 0.2) is 54.9 Å². The highest BCUT2D eigenvalue weighted by Crippen LogP contribution is 2.40. The van der Waals surface area contributed by atoms with Gasteiger partial charge in [-0.3, -0.25) is 4.79 Å². The standard InChI is InChI=1S/C25H25N5O4/c1-32-20-12-18(13-21(33-2)22(20)34-3)28-25-26-14-16-9-10-30(23(16)29-25)19-6-4-5-15(11-19)24(31)27-17-7-8-17/h4-6,9-14,17H,7-8H2,1-3H3,(H,27,31)(H,26,28,29). The summed E-state index contributed by atoms with van der Waals surface area (Å²) in [6.45, 7) is 0. The molecule has 0 aliphatic heterocycles. The molecule has 5 rings (SSSR count). The summed E-state index contributed by atoms with van der Waals surface area (Å²) in [6, 6.07) is 13.3. The fraction of sp³-hybridized carbons (Fsp3) is 0.240. The fourth-order valence-electron chi connectivity index (χ4n) is 3.76. The van der Waals surface area contributed by atoms with E-state index < -0.39 is 0 Å². The minimum atomic E-state index is -0.0554. The lowest BCUT2D eigenvalue weighted by molar-refractivity contribution is 0.0951. The lowest BCUT2D eigenvalue weighted by Crippen LogP contribution is -2.25. The van der Waals surface area contributed by atoms with Gasteiger partial charge in [0, 0.05) is 52.9 Å². The third-order valence-corrected chi connectivity index (χ3v) is 5.65. The van der Waals surface area contributed by atoms with Crippen molar-refractivity contribution in [2.75, 3.05) is 26.6 Å². The molecule has 2 N–H and O–H groups in total. The van der Waals surface area contributed by atoms with E-state index in [2.05, 4.69) is 15.6 Å². The maximum atomic E-state index is 12.5. The predicted molar refractivity (Wildman–Crippen MR) is 129 cm³/mol. The van der Waals surface area contributed by atoms with Crippen LogP contribution in [0.5, 0.6) is 17.2 Å². The number of hydrogen-bond donors (Lipinski definition) is 2. The summed E-state index contributed by atoms with van der Waals surface area (Å²) < 4.78 is 18.2. The molecule has 2 aromatic heterocycles. The topological polar surface area (TPSA) is 99.5 Å². The molecule has 174 valence electrons. The monoisotopic (exact) mass is 459 g/mol. The first-order valence-electron chi connectivity index (χ1n) is 10.9. The van der Waals surface area contributed by atoms with Crippen LogP contribution in [0.2, 0.25) is 0 Å². The number of benzene rings is 2. The number of amides is 1. The number of aromatic nitrogens is 3. The molecule has 1 aliphatic carbocycles. The third-order valence-electron chi connectivity index (χ3n) is 5.65. The summed E-state index contributed by atoms with van der Waals surface area (Å²) in [7, 11) is 4.69. The van der Waals surface area contributed by atoms with Gasteiger partial charge < -0.3 is 29.4 Å². The number of nitrogens with zero attached hydrogens (tertiary/aromatic N) is 3. The summed E-state index contributed by atoms with van der Waals surface area (Å²) in [5.74, 6) is 1.90. The molecule has 0 radical (unpaired) electrons. The van der Waals surface area contributed by atoms with Crippen molar-refractivity contribution in [3.63, 3.8) is 0 Å². The number of methoxy groups -OCH3 is 3. The molecule has 2 aromatic carbocycles. The molecule has 1 aliphatic rings. The Morgan fingerprint density at radius 2 is 1.79 bits per heavy atom. The lowest BCUT2D eigenvalue weighted by Gasteiger charge is -2.14. The zero-order chi connectivity index (χ0) is 23.7. The van der Waals surface area contributed by atoms with Gasteiger partial charge in [-0.05, 0) is 37.1 Å². The highest BCUT2D eigenvalue weighted by atomic mass is 16.5. The van der Waals surface area contributed by atoms with Crippen molar-refractivity contribution >= 4 is 28.6 Å². The van der Waals surface area contributed by atoms with Gasteiger partial charge in [0.15, 0.2) is 11.5 Å². The second-order valence-electron chi connectivity index (χ2n) is 8.00. The van der Waals surface area contributed by atoms with Crippen LogP contribution in [0, 0.1) is 0 Å². The van der Waals surface area contributed by atoms with Crippen LogP contribution in [0.1, 0.15) is 23.2 Å². The Morgan fingerprint density at radius 1 is 1.03 bits per heavy atom. The van der Waals surface area contributed by atoms with Crippen molar-refractivity contribution in [2.24, 2.45) is 0 Å². The molecule has 0 saturated heterocycles. The SMILES string of the molecule is COc1cc(Nc2ncc3ccn(-c4cccc(C(=O)NC5CC5)c4)c3n2)cc(OC)c1OC. The molecular weight excluding hydrogens is 434 g/mol. The zero-order valence-corrected chi connectivity index (χ0v) is 19.2. The fourth-order valence-corrected chi connectivity index (χ4v) is 3.76. The minimum absolute atomic E-state index is 0.0554. The molecule has 0 bridgehead atoms. The van der Waals surface area contributed by atoms with Gasteiger partial charge >= 0.3 is 0 Å². The van der Waals surface area contributed by atoms with E-state index in [4.69, 9.17) is 19.2 Å². The first-order valence-corrected chi connectivity index (χ1v) is 10.9. The number of carbonyl (C=O) groups is 1. The molecule has 0 spiro atoms. The zero-order valence-electron chi connectivity index (χ0n) is 19.2. The maximum Gasteiger partial charge on any atom is 0.251 e. The molecule has 9 nitrogen and oxygen atoms in total. The normalized spacial score (nSPS) is 12.9. The molecule has 0 unspecified atom stereocenters. The van der Waals surface area contributed by atoms with Crippen LogP contribution in [0.3, 0.4) is 0 Å². The number of anilines is 2. The molecule has 9 heteroatoms. The van der Waals surface area contributed by atoms with Crippen LogP contribution < -0.4 is 24.8 Å². The quantitative estimate of drug-likeness (QED) is 0.410. The predicted octanol–water partition coefficient (Wildman–Crippen LogP) is 4.08. The van der Waals surface area contributed by atoms with Gasteiger partial charge in [-0.2, -0.15) is 4.98 Å². The average molecular weight is 460 g/mol. The molecule has 0 atom stereocenters. The van der Waals surface area contributed by atoms with Crippen LogP contribution in [-0.4, -0.2) is 47.8 Å². The first kappa shape index (κ1) is 21.6. The Hall–Kier alpha value is -4.27. The number of rotatable bonds is 8. The van der Waals surface area contributed by atoms with E-state index in [0.717, 1.165) is 23.9 Å². The van der Waals surface area contributed by atoms with Crippen LogP contribution >= 0.6 is 0 Å². The number of ether oxygens (including phenoxy) is 3. The van der Waals surface area contributed by atoms with Crippen molar-refractivity contribution in [3.8, 4) is 22.9 Å². The van der Waals surface area contributed by atoms with E-state index in [-0.39, 0.29) is 5.91 Å². The van der Waals surface area contributed by atoms with Gasteiger partial charge in [0.05, 0.1) is 21.3 Å². The maximum absolute atomic E-state index is 12.5. The first-order chi connectivity index (χ1) is 16.6. The summed E-state index contributed by atoms with van der Waals surface area (Å²) in [5, 5.41) is 7.12. The Bertz CT molecular complexity index is 1340. The van der Waals surface area contributed by atoms with E-state index >= 15 is 0 Å². The minimum Gasteiger partial charge on any atom is -0.493 e. The molecule has 4 aromatic rings. The van der Waals surface area contributed by atoms with Crippen molar-refractivity contribution in [2.45, 2.75) is 18.9 Å². The van der Waals surface area contributed by atoms with Gasteiger partial charge in [-0.1, -0.05) is 6.07 Å². The Kier molecular flexibility index (Phi) is 5.67. The Balaban J connectivity index is 1.47. The molecule has 1 fully saturated rings. The smallest absolute Gasteiger partial charge is 0.251 e. The Morgan fingerprint density at radius 3 is 2.47 bits per heavy atom. The average Bonchev–Trinajstić information content (AvgIpc) is 3.58. The van der Waals surface area contributed by atoms with E-state index in [0.29, 0.717) is 46.1 Å². The van der Waals surface area contributed by atoms with Gasteiger partial charge in [0.1, 0.15) is 5.65 Å². The summed E-state index contributed by atoms with van der Waals surface area (Å²) >= 11 is 0. The number of hydrogen-bond acceptors (Lipinski definition) is 7. The van der Waals surface area contributed by atoms with Crippen molar-refractivity contribution in [1.29, 1.82) is 0 Å². The van der Waals surface area contributed by atoms with Crippen molar-refractivity contribution in [1.82, 2.24) is 19.9 Å².